The summed E-state index contributed by atoms with van der Waals surface area (Å²) >= 11 is 0. The van der Waals surface area contributed by atoms with Gasteiger partial charge >= 0.3 is 0 Å². The fourth-order valence-corrected chi connectivity index (χ4v) is 2.63. The van der Waals surface area contributed by atoms with Crippen molar-refractivity contribution in [1.29, 1.82) is 0 Å². The lowest BCUT2D eigenvalue weighted by Gasteiger charge is -2.09. The van der Waals surface area contributed by atoms with Crippen LogP contribution in [0.4, 0.5) is 0 Å². The Hall–Kier alpha value is -1.31. The molecule has 0 aliphatic heterocycles. The highest BCUT2D eigenvalue weighted by Crippen LogP contribution is 2.28. The fraction of sp³-hybridized carbons (Fsp3) is 0.562. The summed E-state index contributed by atoms with van der Waals surface area (Å²) in [6.45, 7) is 2.73. The number of hydrogen-bond donors (Lipinski definition) is 1. The summed E-state index contributed by atoms with van der Waals surface area (Å²) < 4.78 is 0. The summed E-state index contributed by atoms with van der Waals surface area (Å²) in [4.78, 5) is 11.7. The minimum absolute atomic E-state index is 0.197. The number of carbonyl (C=O) groups is 1. The molecule has 0 unspecified atom stereocenters. The van der Waals surface area contributed by atoms with Crippen LogP contribution < -0.4 is 5.32 Å². The summed E-state index contributed by atoms with van der Waals surface area (Å²) in [5.41, 5.74) is 2.43. The van der Waals surface area contributed by atoms with Crippen LogP contribution in [0.1, 0.15) is 49.7 Å². The van der Waals surface area contributed by atoms with Crippen molar-refractivity contribution in [1.82, 2.24) is 5.32 Å². The van der Waals surface area contributed by atoms with E-state index in [1.165, 1.54) is 36.8 Å². The van der Waals surface area contributed by atoms with Crippen LogP contribution >= 0.6 is 0 Å². The zero-order chi connectivity index (χ0) is 12.8. The molecule has 1 aliphatic carbocycles. The number of carbonyl (C=O) groups excluding carboxylic acids is 1. The van der Waals surface area contributed by atoms with Gasteiger partial charge < -0.3 is 5.32 Å². The minimum Gasteiger partial charge on any atom is -0.352 e. The third-order valence-corrected chi connectivity index (χ3v) is 3.86. The molecule has 0 radical (unpaired) electrons. The molecule has 0 heterocycles. The van der Waals surface area contributed by atoms with Crippen LogP contribution in [0.5, 0.6) is 0 Å². The van der Waals surface area contributed by atoms with Gasteiger partial charge in [-0.05, 0) is 24.8 Å². The maximum atomic E-state index is 11.7. The second-order valence-electron chi connectivity index (χ2n) is 5.45. The molecule has 0 spiro atoms. The molecule has 1 fully saturated rings. The zero-order valence-corrected chi connectivity index (χ0v) is 11.2. The predicted molar refractivity (Wildman–Crippen MR) is 74.2 cm³/mol. The monoisotopic (exact) mass is 245 g/mol. The van der Waals surface area contributed by atoms with Gasteiger partial charge in [0.2, 0.25) is 5.91 Å². The Balaban J connectivity index is 1.66. The Bertz CT molecular complexity index is 377. The van der Waals surface area contributed by atoms with Crippen LogP contribution in [0.25, 0.3) is 0 Å². The molecule has 18 heavy (non-hydrogen) atoms. The first-order chi connectivity index (χ1) is 8.74. The van der Waals surface area contributed by atoms with Crippen molar-refractivity contribution in [3.05, 3.63) is 35.4 Å². The van der Waals surface area contributed by atoms with E-state index < -0.39 is 0 Å². The normalized spacial score (nSPS) is 15.8. The Kier molecular flexibility index (Phi) is 4.80. The van der Waals surface area contributed by atoms with E-state index in [1.807, 2.05) is 0 Å². The molecule has 0 saturated heterocycles. The van der Waals surface area contributed by atoms with Gasteiger partial charge in [0, 0.05) is 13.0 Å². The Morgan fingerprint density at radius 3 is 2.56 bits per heavy atom. The zero-order valence-electron chi connectivity index (χ0n) is 11.2. The van der Waals surface area contributed by atoms with Crippen LogP contribution in [0.2, 0.25) is 0 Å². The summed E-state index contributed by atoms with van der Waals surface area (Å²) in [6.07, 6.45) is 7.12. The topological polar surface area (TPSA) is 29.1 Å². The van der Waals surface area contributed by atoms with Crippen LogP contribution in [-0.4, -0.2) is 5.91 Å². The van der Waals surface area contributed by atoms with Crippen molar-refractivity contribution in [3.8, 4) is 0 Å². The third-order valence-electron chi connectivity index (χ3n) is 3.86. The Labute approximate surface area is 110 Å². The van der Waals surface area contributed by atoms with E-state index in [-0.39, 0.29) is 5.91 Å². The molecule has 98 valence electrons. The molecular formula is C16H23NO. The van der Waals surface area contributed by atoms with Crippen LogP contribution in [0, 0.1) is 12.8 Å². The highest BCUT2D eigenvalue weighted by atomic mass is 16.1. The van der Waals surface area contributed by atoms with E-state index in [9.17, 15) is 4.79 Å². The molecule has 1 amide bonds. The molecule has 1 saturated carbocycles. The van der Waals surface area contributed by atoms with E-state index in [0.717, 1.165) is 12.3 Å². The summed E-state index contributed by atoms with van der Waals surface area (Å²) in [5.74, 6) is 0.998. The highest BCUT2D eigenvalue weighted by molar-refractivity contribution is 5.75. The van der Waals surface area contributed by atoms with Crippen molar-refractivity contribution >= 4 is 5.91 Å². The minimum atomic E-state index is 0.197. The molecule has 1 aromatic carbocycles. The first-order valence-corrected chi connectivity index (χ1v) is 7.06. The maximum absolute atomic E-state index is 11.7. The number of benzene rings is 1. The van der Waals surface area contributed by atoms with Gasteiger partial charge in [-0.25, -0.2) is 0 Å². The van der Waals surface area contributed by atoms with Crippen LogP contribution in [0.3, 0.4) is 0 Å². The van der Waals surface area contributed by atoms with E-state index in [0.29, 0.717) is 13.0 Å². The molecule has 0 bridgehead atoms. The first kappa shape index (κ1) is 13.1. The third kappa shape index (κ3) is 4.17. The maximum Gasteiger partial charge on any atom is 0.220 e. The molecular weight excluding hydrogens is 222 g/mol. The summed E-state index contributed by atoms with van der Waals surface area (Å²) in [5, 5.41) is 3.00. The van der Waals surface area contributed by atoms with Gasteiger partial charge in [0.05, 0.1) is 0 Å². The van der Waals surface area contributed by atoms with Gasteiger partial charge in [-0.2, -0.15) is 0 Å². The average Bonchev–Trinajstić information content (AvgIpc) is 2.89. The number of nitrogens with one attached hydrogen (secondary N) is 1. The molecule has 0 atom stereocenters. The first-order valence-electron chi connectivity index (χ1n) is 7.06. The van der Waals surface area contributed by atoms with Crippen molar-refractivity contribution in [2.45, 2.75) is 52.0 Å². The van der Waals surface area contributed by atoms with E-state index in [4.69, 9.17) is 0 Å². The van der Waals surface area contributed by atoms with Gasteiger partial charge in [-0.1, -0.05) is 55.5 Å². The molecule has 0 aromatic heterocycles. The van der Waals surface area contributed by atoms with Gasteiger partial charge in [0.1, 0.15) is 0 Å². The van der Waals surface area contributed by atoms with Crippen molar-refractivity contribution in [2.75, 3.05) is 0 Å². The summed E-state index contributed by atoms with van der Waals surface area (Å²) in [7, 11) is 0. The molecule has 1 aliphatic rings. The molecule has 2 nitrogen and oxygen atoms in total. The van der Waals surface area contributed by atoms with Gasteiger partial charge in [0.15, 0.2) is 0 Å². The molecule has 2 rings (SSSR count). The smallest absolute Gasteiger partial charge is 0.220 e. The molecule has 1 N–H and O–H groups in total. The predicted octanol–water partition coefficient (Wildman–Crippen LogP) is 3.58. The van der Waals surface area contributed by atoms with E-state index in [1.54, 1.807) is 0 Å². The number of aryl methyl sites for hydroxylation is 1. The van der Waals surface area contributed by atoms with Crippen molar-refractivity contribution < 1.29 is 4.79 Å². The Morgan fingerprint density at radius 1 is 1.22 bits per heavy atom. The van der Waals surface area contributed by atoms with E-state index >= 15 is 0 Å². The lowest BCUT2D eigenvalue weighted by molar-refractivity contribution is -0.121. The summed E-state index contributed by atoms with van der Waals surface area (Å²) in [6, 6.07) is 8.32. The van der Waals surface area contributed by atoms with Gasteiger partial charge in [-0.3, -0.25) is 4.79 Å². The lowest BCUT2D eigenvalue weighted by atomic mass is 10.0. The number of hydrogen-bond acceptors (Lipinski definition) is 1. The second-order valence-corrected chi connectivity index (χ2v) is 5.45. The Morgan fingerprint density at radius 2 is 1.89 bits per heavy atom. The quantitative estimate of drug-likeness (QED) is 0.844. The molecule has 1 aromatic rings. The SMILES string of the molecule is Cc1ccc(CNC(=O)CCC2CCCC2)cc1. The van der Waals surface area contributed by atoms with Crippen LogP contribution in [0.15, 0.2) is 24.3 Å². The average molecular weight is 245 g/mol. The second kappa shape index (κ2) is 6.58. The number of amides is 1. The van der Waals surface area contributed by atoms with Gasteiger partial charge in [-0.15, -0.1) is 0 Å². The fourth-order valence-electron chi connectivity index (χ4n) is 2.63. The molecule has 2 heteroatoms. The van der Waals surface area contributed by atoms with Gasteiger partial charge in [0.25, 0.3) is 0 Å². The van der Waals surface area contributed by atoms with Crippen molar-refractivity contribution in [3.63, 3.8) is 0 Å². The van der Waals surface area contributed by atoms with E-state index in [2.05, 4.69) is 36.5 Å². The number of rotatable bonds is 5. The standard InChI is InChI=1S/C16H23NO/c1-13-6-8-15(9-7-13)12-17-16(18)11-10-14-4-2-3-5-14/h6-9,14H,2-5,10-12H2,1H3,(H,17,18). The largest absolute Gasteiger partial charge is 0.352 e. The van der Waals surface area contributed by atoms with Crippen LogP contribution in [-0.2, 0) is 11.3 Å². The highest BCUT2D eigenvalue weighted by Gasteiger charge is 2.15. The lowest BCUT2D eigenvalue weighted by Crippen LogP contribution is -2.22. The van der Waals surface area contributed by atoms with Crippen molar-refractivity contribution in [2.24, 2.45) is 5.92 Å².